The molecule has 0 fully saturated rings. The number of imidazole rings is 1. The Balaban J connectivity index is 1.41. The maximum Gasteiger partial charge on any atom is 0.327 e. The van der Waals surface area contributed by atoms with Gasteiger partial charge in [-0.15, -0.1) is 0 Å². The van der Waals surface area contributed by atoms with E-state index in [0.717, 1.165) is 5.75 Å². The fraction of sp³-hybridized carbons (Fsp3) is 0.214. The van der Waals surface area contributed by atoms with E-state index >= 15 is 0 Å². The number of aryl methyl sites for hydroxylation is 1. The van der Waals surface area contributed by atoms with E-state index in [1.165, 1.54) is 11.8 Å². The highest BCUT2D eigenvalue weighted by Crippen LogP contribution is 2.23. The molecule has 0 atom stereocenters. The van der Waals surface area contributed by atoms with Crippen LogP contribution in [0.25, 0.3) is 5.65 Å². The zero-order valence-corrected chi connectivity index (χ0v) is 21.6. The van der Waals surface area contributed by atoms with Gasteiger partial charge in [0.25, 0.3) is 5.91 Å². The first-order valence-electron chi connectivity index (χ1n) is 12.0. The zero-order chi connectivity index (χ0) is 27.2. The number of nitrogens with zero attached hydrogens (tertiary/aromatic N) is 3. The van der Waals surface area contributed by atoms with Gasteiger partial charge in [0.05, 0.1) is 24.9 Å². The minimum absolute atomic E-state index is 0.0500. The third-order valence-electron chi connectivity index (χ3n) is 5.90. The number of aromatic nitrogens is 2. The standard InChI is InChI=1S/C28H29N5O5/c1-18-27(32(3)28(36)31-22-8-5-20(6-9-22)19(2)34)33-17-21(7-14-25(33)30-18)26(35)29-15-16-38-24-12-10-23(37-4)11-13-24/h5-14,17H,15-16H2,1-4H3,(H,29,35)(H,31,36). The highest BCUT2D eigenvalue weighted by atomic mass is 16.5. The number of pyridine rings is 1. The monoisotopic (exact) mass is 515 g/mol. The summed E-state index contributed by atoms with van der Waals surface area (Å²) in [5.74, 6) is 1.61. The van der Waals surface area contributed by atoms with Crippen LogP contribution in [0, 0.1) is 6.92 Å². The maximum atomic E-state index is 13.0. The first-order valence-corrected chi connectivity index (χ1v) is 12.0. The van der Waals surface area contributed by atoms with E-state index in [4.69, 9.17) is 9.47 Å². The summed E-state index contributed by atoms with van der Waals surface area (Å²) in [5.41, 5.74) is 2.75. The summed E-state index contributed by atoms with van der Waals surface area (Å²) in [6.07, 6.45) is 1.65. The number of methoxy groups -OCH3 is 1. The quantitative estimate of drug-likeness (QED) is 0.253. The predicted molar refractivity (Wildman–Crippen MR) is 145 cm³/mol. The van der Waals surface area contributed by atoms with Gasteiger partial charge < -0.3 is 20.1 Å². The van der Waals surface area contributed by atoms with Gasteiger partial charge in [-0.1, -0.05) is 0 Å². The molecular weight excluding hydrogens is 486 g/mol. The number of anilines is 2. The van der Waals surface area contributed by atoms with Crippen LogP contribution in [0.5, 0.6) is 11.5 Å². The number of carbonyl (C=O) groups is 3. The molecule has 2 aromatic carbocycles. The zero-order valence-electron chi connectivity index (χ0n) is 21.6. The lowest BCUT2D eigenvalue weighted by Crippen LogP contribution is -2.32. The summed E-state index contributed by atoms with van der Waals surface area (Å²) in [5, 5.41) is 5.65. The van der Waals surface area contributed by atoms with Crippen LogP contribution in [-0.4, -0.2) is 54.4 Å². The number of fused-ring (bicyclic) bond motifs is 1. The Hall–Kier alpha value is -4.86. The van der Waals surface area contributed by atoms with E-state index in [-0.39, 0.29) is 11.7 Å². The second-order valence-corrected chi connectivity index (χ2v) is 8.57. The van der Waals surface area contributed by atoms with E-state index in [2.05, 4.69) is 15.6 Å². The van der Waals surface area contributed by atoms with Crippen molar-refractivity contribution >= 4 is 34.9 Å². The summed E-state index contributed by atoms with van der Waals surface area (Å²) >= 11 is 0. The number of amides is 3. The molecule has 4 rings (SSSR count). The van der Waals surface area contributed by atoms with Crippen LogP contribution in [0.3, 0.4) is 0 Å². The van der Waals surface area contributed by atoms with Gasteiger partial charge in [-0.25, -0.2) is 9.78 Å². The molecule has 10 heteroatoms. The summed E-state index contributed by atoms with van der Waals surface area (Å²) in [7, 11) is 3.22. The van der Waals surface area contributed by atoms with Crippen LogP contribution < -0.4 is 25.0 Å². The number of benzene rings is 2. The number of rotatable bonds is 9. The average molecular weight is 516 g/mol. The molecule has 0 saturated carbocycles. The molecule has 0 spiro atoms. The molecule has 0 saturated heterocycles. The van der Waals surface area contributed by atoms with Crippen molar-refractivity contribution in [2.45, 2.75) is 13.8 Å². The minimum atomic E-state index is -0.393. The largest absolute Gasteiger partial charge is 0.497 e. The normalized spacial score (nSPS) is 10.6. The number of ketones is 1. The van der Waals surface area contributed by atoms with Crippen molar-refractivity contribution < 1.29 is 23.9 Å². The smallest absolute Gasteiger partial charge is 0.327 e. The maximum absolute atomic E-state index is 13.0. The van der Waals surface area contributed by atoms with Gasteiger partial charge in [-0.2, -0.15) is 0 Å². The number of carbonyl (C=O) groups excluding carboxylic acids is 3. The van der Waals surface area contributed by atoms with Crippen LogP contribution in [-0.2, 0) is 0 Å². The lowest BCUT2D eigenvalue weighted by molar-refractivity contribution is 0.0945. The van der Waals surface area contributed by atoms with Crippen molar-refractivity contribution in [3.05, 3.63) is 83.7 Å². The van der Waals surface area contributed by atoms with Crippen molar-refractivity contribution in [3.63, 3.8) is 0 Å². The first-order chi connectivity index (χ1) is 18.3. The van der Waals surface area contributed by atoms with E-state index in [1.807, 2.05) is 0 Å². The highest BCUT2D eigenvalue weighted by Gasteiger charge is 2.20. The predicted octanol–water partition coefficient (Wildman–Crippen LogP) is 4.33. The third kappa shape index (κ3) is 5.92. The Kier molecular flexibility index (Phi) is 7.91. The van der Waals surface area contributed by atoms with E-state index < -0.39 is 6.03 Å². The van der Waals surface area contributed by atoms with Gasteiger partial charge in [-0.3, -0.25) is 18.9 Å². The van der Waals surface area contributed by atoms with Crippen molar-refractivity contribution in [1.82, 2.24) is 14.7 Å². The Morgan fingerprint density at radius 3 is 2.26 bits per heavy atom. The van der Waals surface area contributed by atoms with Crippen LogP contribution in [0.2, 0.25) is 0 Å². The molecule has 196 valence electrons. The van der Waals surface area contributed by atoms with Crippen LogP contribution in [0.15, 0.2) is 66.9 Å². The molecule has 10 nitrogen and oxygen atoms in total. The Morgan fingerprint density at radius 1 is 0.947 bits per heavy atom. The van der Waals surface area contributed by atoms with E-state index in [1.54, 1.807) is 92.3 Å². The molecule has 0 bridgehead atoms. The Bertz CT molecular complexity index is 1460. The van der Waals surface area contributed by atoms with E-state index in [0.29, 0.717) is 52.9 Å². The molecule has 38 heavy (non-hydrogen) atoms. The topological polar surface area (TPSA) is 114 Å². The number of ether oxygens (including phenoxy) is 2. The summed E-state index contributed by atoms with van der Waals surface area (Å²) in [4.78, 5) is 43.2. The highest BCUT2D eigenvalue weighted by molar-refractivity contribution is 6.02. The number of hydrogen-bond acceptors (Lipinski definition) is 6. The van der Waals surface area contributed by atoms with Crippen molar-refractivity contribution in [2.24, 2.45) is 0 Å². The molecule has 2 N–H and O–H groups in total. The Labute approximate surface area is 220 Å². The number of hydrogen-bond donors (Lipinski definition) is 2. The fourth-order valence-corrected chi connectivity index (χ4v) is 3.89. The molecule has 0 aliphatic heterocycles. The van der Waals surface area contributed by atoms with Gasteiger partial charge in [0.15, 0.2) is 5.78 Å². The molecule has 2 heterocycles. The number of Topliss-reactive ketones (excluding diaryl/α,β-unsaturated/α-hetero) is 1. The molecule has 0 radical (unpaired) electrons. The average Bonchev–Trinajstić information content (AvgIpc) is 3.25. The van der Waals surface area contributed by atoms with Gasteiger partial charge in [0, 0.05) is 24.5 Å². The van der Waals surface area contributed by atoms with Gasteiger partial charge >= 0.3 is 6.03 Å². The molecular formula is C28H29N5O5. The van der Waals surface area contributed by atoms with Crippen molar-refractivity contribution in [2.75, 3.05) is 37.5 Å². The molecule has 2 aromatic heterocycles. The SMILES string of the molecule is COc1ccc(OCCNC(=O)c2ccc3nc(C)c(N(C)C(=O)Nc4ccc(C(C)=O)cc4)n3c2)cc1. The van der Waals surface area contributed by atoms with Crippen molar-refractivity contribution in [3.8, 4) is 11.5 Å². The van der Waals surface area contributed by atoms with Crippen LogP contribution >= 0.6 is 0 Å². The molecule has 0 aliphatic rings. The van der Waals surface area contributed by atoms with Gasteiger partial charge in [0.1, 0.15) is 29.6 Å². The molecule has 3 amide bonds. The van der Waals surface area contributed by atoms with Crippen LogP contribution in [0.1, 0.15) is 33.3 Å². The number of urea groups is 1. The van der Waals surface area contributed by atoms with Gasteiger partial charge in [-0.05, 0) is 74.5 Å². The lowest BCUT2D eigenvalue weighted by atomic mass is 10.1. The minimum Gasteiger partial charge on any atom is -0.497 e. The van der Waals surface area contributed by atoms with Crippen LogP contribution in [0.4, 0.5) is 16.3 Å². The molecule has 4 aromatic rings. The molecule has 0 unspecified atom stereocenters. The fourth-order valence-electron chi connectivity index (χ4n) is 3.89. The summed E-state index contributed by atoms with van der Waals surface area (Å²) in [6, 6.07) is 16.9. The van der Waals surface area contributed by atoms with E-state index in [9.17, 15) is 14.4 Å². The first kappa shape index (κ1) is 26.2. The summed E-state index contributed by atoms with van der Waals surface area (Å²) < 4.78 is 12.5. The second-order valence-electron chi connectivity index (χ2n) is 8.57. The third-order valence-corrected chi connectivity index (χ3v) is 5.90. The number of nitrogens with one attached hydrogen (secondary N) is 2. The second kappa shape index (κ2) is 11.5. The van der Waals surface area contributed by atoms with Crippen molar-refractivity contribution in [1.29, 1.82) is 0 Å². The molecule has 0 aliphatic carbocycles. The summed E-state index contributed by atoms with van der Waals surface area (Å²) in [6.45, 7) is 3.89. The lowest BCUT2D eigenvalue weighted by Gasteiger charge is -2.19. The Morgan fingerprint density at radius 2 is 1.61 bits per heavy atom. The van der Waals surface area contributed by atoms with Gasteiger partial charge in [0.2, 0.25) is 0 Å².